The highest BCUT2D eigenvalue weighted by atomic mass is 35.5. The van der Waals surface area contributed by atoms with Crippen molar-refractivity contribution in [2.45, 2.75) is 32.4 Å². The fraction of sp³-hybridized carbons (Fsp3) is 0.636. The van der Waals surface area contributed by atoms with Crippen molar-refractivity contribution >= 4 is 34.7 Å². The van der Waals surface area contributed by atoms with Gasteiger partial charge in [0.2, 0.25) is 0 Å². The van der Waals surface area contributed by atoms with Crippen LogP contribution in [0.4, 0.5) is 0 Å². The lowest BCUT2D eigenvalue weighted by molar-refractivity contribution is 0.476. The Labute approximate surface area is 106 Å². The lowest BCUT2D eigenvalue weighted by Crippen LogP contribution is -2.31. The average Bonchev–Trinajstić information content (AvgIpc) is 2.61. The second kappa shape index (κ2) is 6.79. The van der Waals surface area contributed by atoms with Crippen LogP contribution in [-0.4, -0.2) is 18.1 Å². The van der Waals surface area contributed by atoms with Crippen molar-refractivity contribution < 1.29 is 0 Å². The standard InChI is InChI=1S/C11H18ClNS2/c1-4-9(13-8(2)7-14-3)10-5-6-11(12)15-10/h5-6,8-9,13H,4,7H2,1-3H3. The zero-order valence-corrected chi connectivity index (χ0v) is 11.8. The number of halogens is 1. The molecule has 1 aromatic heterocycles. The van der Waals surface area contributed by atoms with Gasteiger partial charge in [-0.2, -0.15) is 11.8 Å². The molecule has 0 saturated heterocycles. The first-order valence-corrected chi connectivity index (χ1v) is 7.76. The summed E-state index contributed by atoms with van der Waals surface area (Å²) in [4.78, 5) is 1.34. The fourth-order valence-electron chi connectivity index (χ4n) is 1.56. The Bertz CT molecular complexity index is 288. The molecule has 0 spiro atoms. The molecule has 0 fully saturated rings. The van der Waals surface area contributed by atoms with Crippen LogP contribution in [0.15, 0.2) is 12.1 Å². The van der Waals surface area contributed by atoms with Crippen molar-refractivity contribution in [2.24, 2.45) is 0 Å². The van der Waals surface area contributed by atoms with E-state index in [2.05, 4.69) is 31.5 Å². The van der Waals surface area contributed by atoms with Gasteiger partial charge in [-0.15, -0.1) is 11.3 Å². The van der Waals surface area contributed by atoms with Crippen LogP contribution < -0.4 is 5.32 Å². The van der Waals surface area contributed by atoms with Crippen molar-refractivity contribution in [2.75, 3.05) is 12.0 Å². The lowest BCUT2D eigenvalue weighted by Gasteiger charge is -2.20. The molecule has 0 aromatic carbocycles. The molecule has 1 aromatic rings. The third-order valence-electron chi connectivity index (χ3n) is 2.25. The minimum atomic E-state index is 0.449. The number of thiophene rings is 1. The van der Waals surface area contributed by atoms with Gasteiger partial charge in [0.25, 0.3) is 0 Å². The van der Waals surface area contributed by atoms with E-state index in [-0.39, 0.29) is 0 Å². The van der Waals surface area contributed by atoms with Gasteiger partial charge in [0.1, 0.15) is 0 Å². The van der Waals surface area contributed by atoms with Gasteiger partial charge in [-0.1, -0.05) is 18.5 Å². The van der Waals surface area contributed by atoms with E-state index in [1.165, 1.54) is 4.88 Å². The van der Waals surface area contributed by atoms with Crippen LogP contribution in [-0.2, 0) is 0 Å². The van der Waals surface area contributed by atoms with Crippen molar-refractivity contribution in [3.05, 3.63) is 21.3 Å². The Morgan fingerprint density at radius 2 is 2.27 bits per heavy atom. The predicted octanol–water partition coefficient (Wildman–Crippen LogP) is 4.19. The first-order valence-electron chi connectivity index (χ1n) is 5.17. The Morgan fingerprint density at radius 3 is 2.73 bits per heavy atom. The molecule has 1 N–H and O–H groups in total. The van der Waals surface area contributed by atoms with Gasteiger partial charge in [0, 0.05) is 22.7 Å². The zero-order chi connectivity index (χ0) is 11.3. The highest BCUT2D eigenvalue weighted by Gasteiger charge is 2.13. The number of hydrogen-bond acceptors (Lipinski definition) is 3. The van der Waals surface area contributed by atoms with Crippen LogP contribution in [0.3, 0.4) is 0 Å². The minimum absolute atomic E-state index is 0.449. The van der Waals surface area contributed by atoms with Crippen molar-refractivity contribution in [1.82, 2.24) is 5.32 Å². The lowest BCUT2D eigenvalue weighted by atomic mass is 10.1. The van der Waals surface area contributed by atoms with E-state index in [0.29, 0.717) is 12.1 Å². The van der Waals surface area contributed by atoms with E-state index in [1.54, 1.807) is 11.3 Å². The molecule has 2 atom stereocenters. The first-order chi connectivity index (χ1) is 7.17. The number of nitrogens with one attached hydrogen (secondary N) is 1. The Morgan fingerprint density at radius 1 is 1.53 bits per heavy atom. The number of thioether (sulfide) groups is 1. The smallest absolute Gasteiger partial charge is 0.0931 e. The molecule has 86 valence electrons. The second-order valence-corrected chi connectivity index (χ2v) is 6.28. The molecule has 1 heterocycles. The zero-order valence-electron chi connectivity index (χ0n) is 9.42. The summed E-state index contributed by atoms with van der Waals surface area (Å²) in [7, 11) is 0. The Hall–Kier alpha value is 0.300. The summed E-state index contributed by atoms with van der Waals surface area (Å²) < 4.78 is 0.878. The quantitative estimate of drug-likeness (QED) is 0.826. The Balaban J connectivity index is 2.56. The van der Waals surface area contributed by atoms with E-state index < -0.39 is 0 Å². The van der Waals surface area contributed by atoms with Crippen LogP contribution in [0.2, 0.25) is 4.34 Å². The van der Waals surface area contributed by atoms with E-state index >= 15 is 0 Å². The molecule has 15 heavy (non-hydrogen) atoms. The maximum Gasteiger partial charge on any atom is 0.0931 e. The van der Waals surface area contributed by atoms with Gasteiger partial charge in [-0.3, -0.25) is 0 Å². The van der Waals surface area contributed by atoms with Gasteiger partial charge >= 0.3 is 0 Å². The monoisotopic (exact) mass is 263 g/mol. The normalized spacial score (nSPS) is 15.2. The molecule has 1 rings (SSSR count). The summed E-state index contributed by atoms with van der Waals surface area (Å²) in [5.41, 5.74) is 0. The Kier molecular flexibility index (Phi) is 6.05. The summed E-state index contributed by atoms with van der Waals surface area (Å²) in [5, 5.41) is 3.63. The van der Waals surface area contributed by atoms with E-state index in [9.17, 15) is 0 Å². The maximum atomic E-state index is 5.95. The molecule has 0 amide bonds. The summed E-state index contributed by atoms with van der Waals surface area (Å²) in [5.74, 6) is 1.15. The van der Waals surface area contributed by atoms with Crippen molar-refractivity contribution in [3.8, 4) is 0 Å². The highest BCUT2D eigenvalue weighted by Crippen LogP contribution is 2.28. The van der Waals surface area contributed by atoms with Crippen molar-refractivity contribution in [1.29, 1.82) is 0 Å². The topological polar surface area (TPSA) is 12.0 Å². The van der Waals surface area contributed by atoms with E-state index in [4.69, 9.17) is 11.6 Å². The molecule has 0 aliphatic heterocycles. The number of hydrogen-bond donors (Lipinski definition) is 1. The average molecular weight is 264 g/mol. The molecular weight excluding hydrogens is 246 g/mol. The molecule has 0 aliphatic rings. The van der Waals surface area contributed by atoms with Gasteiger partial charge in [-0.25, -0.2) is 0 Å². The predicted molar refractivity (Wildman–Crippen MR) is 73.3 cm³/mol. The maximum absolute atomic E-state index is 5.95. The van der Waals surface area contributed by atoms with Crippen LogP contribution in [0.5, 0.6) is 0 Å². The SMILES string of the molecule is CCC(NC(C)CSC)c1ccc(Cl)s1. The molecule has 0 saturated carbocycles. The number of rotatable bonds is 6. The minimum Gasteiger partial charge on any atom is -0.306 e. The van der Waals surface area contributed by atoms with E-state index in [1.807, 2.05) is 17.8 Å². The third-order valence-corrected chi connectivity index (χ3v) is 4.43. The van der Waals surface area contributed by atoms with Gasteiger partial charge in [0.05, 0.1) is 4.34 Å². The summed E-state index contributed by atoms with van der Waals surface area (Å²) >= 11 is 9.50. The molecular formula is C11H18ClNS2. The van der Waals surface area contributed by atoms with Gasteiger partial charge in [-0.05, 0) is 31.7 Å². The van der Waals surface area contributed by atoms with Gasteiger partial charge < -0.3 is 5.32 Å². The van der Waals surface area contributed by atoms with Gasteiger partial charge in [0.15, 0.2) is 0 Å². The summed E-state index contributed by atoms with van der Waals surface area (Å²) in [6, 6.07) is 5.10. The molecule has 4 heteroatoms. The van der Waals surface area contributed by atoms with Crippen molar-refractivity contribution in [3.63, 3.8) is 0 Å². The molecule has 0 radical (unpaired) electrons. The fourth-order valence-corrected chi connectivity index (χ4v) is 3.36. The highest BCUT2D eigenvalue weighted by molar-refractivity contribution is 7.98. The molecule has 0 aliphatic carbocycles. The largest absolute Gasteiger partial charge is 0.306 e. The third kappa shape index (κ3) is 4.35. The van der Waals surface area contributed by atoms with Crippen LogP contribution in [0.25, 0.3) is 0 Å². The van der Waals surface area contributed by atoms with E-state index in [0.717, 1.165) is 16.5 Å². The summed E-state index contributed by atoms with van der Waals surface area (Å²) in [6.45, 7) is 4.44. The first kappa shape index (κ1) is 13.4. The van der Waals surface area contributed by atoms with Crippen LogP contribution in [0.1, 0.15) is 31.2 Å². The van der Waals surface area contributed by atoms with Crippen LogP contribution >= 0.6 is 34.7 Å². The molecule has 2 unspecified atom stereocenters. The van der Waals surface area contributed by atoms with Crippen LogP contribution in [0, 0.1) is 0 Å². The summed E-state index contributed by atoms with van der Waals surface area (Å²) in [6.07, 6.45) is 3.25. The second-order valence-electron chi connectivity index (χ2n) is 3.63. The molecule has 0 bridgehead atoms. The molecule has 1 nitrogen and oxygen atoms in total.